The number of anilines is 1. The van der Waals surface area contributed by atoms with Crippen molar-refractivity contribution in [2.75, 3.05) is 18.0 Å². The zero-order chi connectivity index (χ0) is 17.4. The van der Waals surface area contributed by atoms with Crippen LogP contribution in [0.3, 0.4) is 0 Å². The van der Waals surface area contributed by atoms with Gasteiger partial charge in [0.25, 0.3) is 0 Å². The van der Waals surface area contributed by atoms with E-state index in [9.17, 15) is 5.11 Å². The fraction of sp³-hybridized carbons (Fsp3) is 0.421. The molecule has 0 aromatic carbocycles. The van der Waals surface area contributed by atoms with Crippen LogP contribution in [0.5, 0.6) is 5.88 Å². The largest absolute Gasteiger partial charge is 0.475 e. The van der Waals surface area contributed by atoms with Gasteiger partial charge in [0.15, 0.2) is 0 Å². The van der Waals surface area contributed by atoms with Crippen molar-refractivity contribution >= 4 is 11.5 Å². The summed E-state index contributed by atoms with van der Waals surface area (Å²) in [5.74, 6) is 1.51. The Labute approximate surface area is 147 Å². The van der Waals surface area contributed by atoms with E-state index in [1.807, 2.05) is 38.4 Å². The molecule has 0 spiro atoms. The van der Waals surface area contributed by atoms with E-state index in [2.05, 4.69) is 20.9 Å². The van der Waals surface area contributed by atoms with Crippen molar-refractivity contribution in [3.05, 3.63) is 47.3 Å². The molecule has 0 radical (unpaired) electrons. The van der Waals surface area contributed by atoms with Crippen LogP contribution in [0.1, 0.15) is 37.0 Å². The molecule has 130 valence electrons. The number of aliphatic imine (C=N–C) groups is 1. The maximum atomic E-state index is 9.76. The predicted molar refractivity (Wildman–Crippen MR) is 96.4 cm³/mol. The van der Waals surface area contributed by atoms with Gasteiger partial charge in [-0.15, -0.1) is 0 Å². The molecule has 25 heavy (non-hydrogen) atoms. The minimum absolute atomic E-state index is 0.0847. The maximum Gasteiger partial charge on any atom is 0.214 e. The number of pyridine rings is 2. The molecule has 1 fully saturated rings. The molecule has 0 bridgehead atoms. The molecule has 2 aliphatic rings. The van der Waals surface area contributed by atoms with E-state index < -0.39 is 0 Å². The minimum atomic E-state index is -0.267. The van der Waals surface area contributed by atoms with Gasteiger partial charge in [0.05, 0.1) is 24.5 Å². The SMILES string of the molecule is CC(C)Oc1cc2c(cn1)CN=C2c1ccnc(N2CCC(O)C2)c1. The summed E-state index contributed by atoms with van der Waals surface area (Å²) in [6, 6.07) is 6.00. The number of rotatable bonds is 4. The highest BCUT2D eigenvalue weighted by molar-refractivity contribution is 6.15. The van der Waals surface area contributed by atoms with Crippen molar-refractivity contribution in [2.24, 2.45) is 4.99 Å². The van der Waals surface area contributed by atoms with Gasteiger partial charge in [-0.3, -0.25) is 4.99 Å². The molecule has 4 heterocycles. The van der Waals surface area contributed by atoms with Crippen LogP contribution in [0.15, 0.2) is 35.6 Å². The Kier molecular flexibility index (Phi) is 4.13. The number of hydrogen-bond donors (Lipinski definition) is 1. The monoisotopic (exact) mass is 338 g/mol. The summed E-state index contributed by atoms with van der Waals surface area (Å²) in [6.07, 6.45) is 4.26. The first-order valence-corrected chi connectivity index (χ1v) is 8.70. The lowest BCUT2D eigenvalue weighted by molar-refractivity contribution is 0.198. The van der Waals surface area contributed by atoms with E-state index in [0.29, 0.717) is 19.0 Å². The van der Waals surface area contributed by atoms with Gasteiger partial charge in [-0.05, 0) is 32.4 Å². The zero-order valence-electron chi connectivity index (χ0n) is 14.5. The topological polar surface area (TPSA) is 70.8 Å². The van der Waals surface area contributed by atoms with Gasteiger partial charge in [-0.2, -0.15) is 0 Å². The van der Waals surface area contributed by atoms with Crippen LogP contribution in [0, 0.1) is 0 Å². The van der Waals surface area contributed by atoms with Crippen LogP contribution >= 0.6 is 0 Å². The summed E-state index contributed by atoms with van der Waals surface area (Å²) >= 11 is 0. The standard InChI is InChI=1S/C19H22N4O2/c1-12(2)25-18-8-16-14(9-21-18)10-22-19(16)13-3-5-20-17(7-13)23-6-4-15(24)11-23/h3,5,7-9,12,15,24H,4,6,10-11H2,1-2H3. The molecule has 1 atom stereocenters. The Hall–Kier alpha value is -2.47. The Bertz CT molecular complexity index is 819. The number of aliphatic hydroxyl groups excluding tert-OH is 1. The fourth-order valence-corrected chi connectivity index (χ4v) is 3.30. The van der Waals surface area contributed by atoms with Crippen LogP contribution in [0.25, 0.3) is 0 Å². The van der Waals surface area contributed by atoms with Crippen LogP contribution < -0.4 is 9.64 Å². The number of β-amino-alcohol motifs (C(OH)–C–C–N with tert-alkyl or cyclic N) is 1. The smallest absolute Gasteiger partial charge is 0.214 e. The minimum Gasteiger partial charge on any atom is -0.475 e. The van der Waals surface area contributed by atoms with Crippen LogP contribution in [-0.2, 0) is 6.54 Å². The van der Waals surface area contributed by atoms with Gasteiger partial charge in [0.2, 0.25) is 5.88 Å². The number of fused-ring (bicyclic) bond motifs is 1. The third kappa shape index (κ3) is 3.22. The van der Waals surface area contributed by atoms with E-state index in [1.165, 1.54) is 0 Å². The van der Waals surface area contributed by atoms with Gasteiger partial charge < -0.3 is 14.7 Å². The molecule has 0 aliphatic carbocycles. The normalized spacial score (nSPS) is 19.3. The number of aromatic nitrogens is 2. The molecule has 1 unspecified atom stereocenters. The Morgan fingerprint density at radius 1 is 1.28 bits per heavy atom. The second-order valence-electron chi connectivity index (χ2n) is 6.80. The molecule has 2 aromatic heterocycles. The number of ether oxygens (including phenoxy) is 1. The van der Waals surface area contributed by atoms with Gasteiger partial charge >= 0.3 is 0 Å². The van der Waals surface area contributed by atoms with Crippen LogP contribution in [0.2, 0.25) is 0 Å². The lowest BCUT2D eigenvalue weighted by Gasteiger charge is -2.17. The highest BCUT2D eigenvalue weighted by Crippen LogP contribution is 2.27. The van der Waals surface area contributed by atoms with Gasteiger partial charge in [0, 0.05) is 48.2 Å². The lowest BCUT2D eigenvalue weighted by Crippen LogP contribution is -2.22. The van der Waals surface area contributed by atoms with E-state index in [4.69, 9.17) is 9.73 Å². The molecule has 0 amide bonds. The van der Waals surface area contributed by atoms with Crippen LogP contribution in [-0.4, -0.2) is 46.1 Å². The summed E-state index contributed by atoms with van der Waals surface area (Å²) in [5, 5.41) is 9.76. The maximum absolute atomic E-state index is 9.76. The number of hydrogen-bond acceptors (Lipinski definition) is 6. The summed E-state index contributed by atoms with van der Waals surface area (Å²) < 4.78 is 5.73. The van der Waals surface area contributed by atoms with Crippen molar-refractivity contribution < 1.29 is 9.84 Å². The second-order valence-corrected chi connectivity index (χ2v) is 6.80. The molecule has 2 aliphatic heterocycles. The molecule has 4 rings (SSSR count). The van der Waals surface area contributed by atoms with Crippen molar-refractivity contribution in [1.82, 2.24) is 9.97 Å². The van der Waals surface area contributed by atoms with Crippen LogP contribution in [0.4, 0.5) is 5.82 Å². The summed E-state index contributed by atoms with van der Waals surface area (Å²) in [4.78, 5) is 15.6. The van der Waals surface area contributed by atoms with E-state index in [-0.39, 0.29) is 12.2 Å². The van der Waals surface area contributed by atoms with Gasteiger partial charge in [0.1, 0.15) is 5.82 Å². The Morgan fingerprint density at radius 3 is 2.92 bits per heavy atom. The quantitative estimate of drug-likeness (QED) is 0.925. The molecule has 6 nitrogen and oxygen atoms in total. The second kappa shape index (κ2) is 6.44. The molecule has 1 saturated heterocycles. The van der Waals surface area contributed by atoms with Gasteiger partial charge in [-0.1, -0.05) is 0 Å². The molecular weight excluding hydrogens is 316 g/mol. The summed E-state index contributed by atoms with van der Waals surface area (Å²) in [6.45, 7) is 6.08. The molecular formula is C19H22N4O2. The van der Waals surface area contributed by atoms with Crippen molar-refractivity contribution in [3.63, 3.8) is 0 Å². The third-order valence-corrected chi connectivity index (χ3v) is 4.49. The van der Waals surface area contributed by atoms with E-state index >= 15 is 0 Å². The van der Waals surface area contributed by atoms with E-state index in [0.717, 1.165) is 41.2 Å². The summed E-state index contributed by atoms with van der Waals surface area (Å²) in [7, 11) is 0. The average molecular weight is 338 g/mol. The summed E-state index contributed by atoms with van der Waals surface area (Å²) in [5.41, 5.74) is 4.17. The molecule has 1 N–H and O–H groups in total. The first-order valence-electron chi connectivity index (χ1n) is 8.70. The van der Waals surface area contributed by atoms with Crippen molar-refractivity contribution in [2.45, 2.75) is 39.0 Å². The van der Waals surface area contributed by atoms with E-state index in [1.54, 1.807) is 0 Å². The third-order valence-electron chi connectivity index (χ3n) is 4.49. The average Bonchev–Trinajstić information content (AvgIpc) is 3.20. The lowest BCUT2D eigenvalue weighted by atomic mass is 10.0. The fourth-order valence-electron chi connectivity index (χ4n) is 3.30. The molecule has 0 saturated carbocycles. The first kappa shape index (κ1) is 16.0. The highest BCUT2D eigenvalue weighted by atomic mass is 16.5. The van der Waals surface area contributed by atoms with Crippen molar-refractivity contribution in [1.29, 1.82) is 0 Å². The first-order chi connectivity index (χ1) is 12.1. The predicted octanol–water partition coefficient (Wildman–Crippen LogP) is 2.19. The highest BCUT2D eigenvalue weighted by Gasteiger charge is 2.23. The number of aliphatic hydroxyl groups is 1. The molecule has 2 aromatic rings. The number of nitrogens with zero attached hydrogens (tertiary/aromatic N) is 4. The van der Waals surface area contributed by atoms with Gasteiger partial charge in [-0.25, -0.2) is 9.97 Å². The Balaban J connectivity index is 1.64. The zero-order valence-corrected chi connectivity index (χ0v) is 14.5. The van der Waals surface area contributed by atoms with Crippen molar-refractivity contribution in [3.8, 4) is 5.88 Å². The Morgan fingerprint density at radius 2 is 2.16 bits per heavy atom. The molecule has 6 heteroatoms.